The molecule has 4 nitrogen and oxygen atoms in total. The Hall–Kier alpha value is -1.55. The molecule has 0 radical (unpaired) electrons. The molecule has 1 aromatic rings. The lowest BCUT2D eigenvalue weighted by molar-refractivity contribution is -0.698. The highest BCUT2D eigenvalue weighted by molar-refractivity contribution is 5.78. The van der Waals surface area contributed by atoms with E-state index in [-0.39, 0.29) is 17.9 Å². The fourth-order valence-electron chi connectivity index (χ4n) is 2.77. The summed E-state index contributed by atoms with van der Waals surface area (Å²) in [4.78, 5) is 12.1. The summed E-state index contributed by atoms with van der Waals surface area (Å²) in [6, 6.07) is 8.00. The van der Waals surface area contributed by atoms with Crippen molar-refractivity contribution < 1.29 is 19.6 Å². The van der Waals surface area contributed by atoms with E-state index < -0.39 is 0 Å². The summed E-state index contributed by atoms with van der Waals surface area (Å²) in [5.41, 5.74) is 1.01. The van der Waals surface area contributed by atoms with Crippen molar-refractivity contribution >= 4 is 5.97 Å². The normalized spacial score (nSPS) is 20.6. The van der Waals surface area contributed by atoms with Crippen LogP contribution in [0.2, 0.25) is 0 Å². The zero-order valence-electron chi connectivity index (χ0n) is 11.6. The molecule has 0 spiro atoms. The molecule has 104 valence electrons. The van der Waals surface area contributed by atoms with Crippen molar-refractivity contribution in [2.75, 3.05) is 20.8 Å². The van der Waals surface area contributed by atoms with Crippen LogP contribution < -0.4 is 10.1 Å². The Morgan fingerprint density at radius 1 is 1.26 bits per heavy atom. The quantitative estimate of drug-likeness (QED) is 0.828. The number of methoxy groups -OCH3 is 2. The van der Waals surface area contributed by atoms with E-state index in [0.29, 0.717) is 0 Å². The van der Waals surface area contributed by atoms with Crippen LogP contribution in [0.5, 0.6) is 5.75 Å². The van der Waals surface area contributed by atoms with E-state index in [1.165, 1.54) is 20.0 Å². The van der Waals surface area contributed by atoms with Gasteiger partial charge >= 0.3 is 5.97 Å². The highest BCUT2D eigenvalue weighted by atomic mass is 16.5. The first-order chi connectivity index (χ1) is 9.26. The van der Waals surface area contributed by atoms with Crippen LogP contribution in [-0.2, 0) is 9.53 Å². The largest absolute Gasteiger partial charge is 0.497 e. The highest BCUT2D eigenvalue weighted by Gasteiger charge is 2.34. The second-order valence-corrected chi connectivity index (χ2v) is 4.96. The molecule has 2 N–H and O–H groups in total. The number of carbonyl (C=O) groups is 1. The van der Waals surface area contributed by atoms with Gasteiger partial charge in [-0.05, 0) is 30.5 Å². The number of ether oxygens (including phenoxy) is 2. The Balaban J connectivity index is 2.22. The fourth-order valence-corrected chi connectivity index (χ4v) is 2.77. The van der Waals surface area contributed by atoms with Gasteiger partial charge in [0.05, 0.1) is 20.8 Å². The molecular weight excluding hydrogens is 242 g/mol. The van der Waals surface area contributed by atoms with Gasteiger partial charge in [0, 0.05) is 6.42 Å². The predicted molar refractivity (Wildman–Crippen MR) is 72.2 cm³/mol. The van der Waals surface area contributed by atoms with Crippen molar-refractivity contribution in [2.45, 2.75) is 31.2 Å². The van der Waals surface area contributed by atoms with E-state index in [9.17, 15) is 4.79 Å². The molecule has 0 aliphatic carbocycles. The molecule has 19 heavy (non-hydrogen) atoms. The molecule has 0 amide bonds. The summed E-state index contributed by atoms with van der Waals surface area (Å²) in [5, 5.41) is 2.27. The molecule has 0 bridgehead atoms. The first-order valence-corrected chi connectivity index (χ1v) is 6.81. The molecule has 1 aliphatic heterocycles. The minimum absolute atomic E-state index is 0.145. The first-order valence-electron chi connectivity index (χ1n) is 6.81. The number of benzene rings is 1. The molecule has 0 saturated carbocycles. The molecular formula is C15H22NO3+. The molecule has 1 aliphatic rings. The van der Waals surface area contributed by atoms with Crippen molar-refractivity contribution in [1.29, 1.82) is 0 Å². The van der Waals surface area contributed by atoms with E-state index in [0.717, 1.165) is 24.3 Å². The number of esters is 1. The Bertz CT molecular complexity index is 410. The van der Waals surface area contributed by atoms with E-state index in [1.54, 1.807) is 7.11 Å². The smallest absolute Gasteiger partial charge is 0.319 e. The van der Waals surface area contributed by atoms with Crippen molar-refractivity contribution in [1.82, 2.24) is 0 Å². The van der Waals surface area contributed by atoms with Gasteiger partial charge in [-0.3, -0.25) is 4.79 Å². The van der Waals surface area contributed by atoms with Gasteiger partial charge in [0.1, 0.15) is 17.7 Å². The average Bonchev–Trinajstić information content (AvgIpc) is 2.49. The Morgan fingerprint density at radius 3 is 2.53 bits per heavy atom. The fraction of sp³-hybridized carbons (Fsp3) is 0.533. The van der Waals surface area contributed by atoms with Gasteiger partial charge in [0.25, 0.3) is 0 Å². The topological polar surface area (TPSA) is 52.1 Å². The van der Waals surface area contributed by atoms with Gasteiger partial charge in [0.2, 0.25) is 0 Å². The average molecular weight is 264 g/mol. The van der Waals surface area contributed by atoms with Gasteiger partial charge in [-0.15, -0.1) is 0 Å². The molecule has 1 saturated heterocycles. The van der Waals surface area contributed by atoms with Crippen LogP contribution in [0.3, 0.4) is 0 Å². The summed E-state index contributed by atoms with van der Waals surface area (Å²) < 4.78 is 10.1. The van der Waals surface area contributed by atoms with E-state index in [1.807, 2.05) is 24.3 Å². The van der Waals surface area contributed by atoms with Crippen molar-refractivity contribution in [2.24, 2.45) is 0 Å². The second kappa shape index (κ2) is 6.57. The van der Waals surface area contributed by atoms with Crippen molar-refractivity contribution in [3.8, 4) is 5.75 Å². The number of hydrogen-bond acceptors (Lipinski definition) is 3. The molecule has 1 aromatic carbocycles. The summed E-state index contributed by atoms with van der Waals surface area (Å²) in [7, 11) is 3.10. The maximum Gasteiger partial charge on any atom is 0.319 e. The van der Waals surface area contributed by atoms with Crippen LogP contribution in [0.4, 0.5) is 0 Å². The van der Waals surface area contributed by atoms with Crippen LogP contribution in [0.25, 0.3) is 0 Å². The summed E-state index contributed by atoms with van der Waals surface area (Å²) >= 11 is 0. The Kier molecular flexibility index (Phi) is 4.80. The summed E-state index contributed by atoms with van der Waals surface area (Å²) in [5.74, 6) is 0.476. The second-order valence-electron chi connectivity index (χ2n) is 4.96. The van der Waals surface area contributed by atoms with Crippen LogP contribution >= 0.6 is 0 Å². The molecule has 0 unspecified atom stereocenters. The zero-order chi connectivity index (χ0) is 13.7. The third kappa shape index (κ3) is 3.26. The molecule has 4 heteroatoms. The number of nitrogens with two attached hydrogens (primary N) is 1. The van der Waals surface area contributed by atoms with Gasteiger partial charge in [-0.1, -0.05) is 12.1 Å². The SMILES string of the molecule is COC(=O)[C@@H](c1ccc(OC)cc1)[C@H]1CCCC[NH2+]1. The van der Waals surface area contributed by atoms with Crippen molar-refractivity contribution in [3.63, 3.8) is 0 Å². The lowest BCUT2D eigenvalue weighted by atomic mass is 9.86. The van der Waals surface area contributed by atoms with Crippen LogP contribution in [0, 0.1) is 0 Å². The molecule has 0 aromatic heterocycles. The third-order valence-corrected chi connectivity index (χ3v) is 3.82. The summed E-state index contributed by atoms with van der Waals surface area (Å²) in [6.07, 6.45) is 3.48. The van der Waals surface area contributed by atoms with Crippen LogP contribution in [-0.4, -0.2) is 32.8 Å². The van der Waals surface area contributed by atoms with Gasteiger partial charge in [-0.2, -0.15) is 0 Å². The van der Waals surface area contributed by atoms with Gasteiger partial charge in [0.15, 0.2) is 0 Å². The van der Waals surface area contributed by atoms with E-state index >= 15 is 0 Å². The highest BCUT2D eigenvalue weighted by Crippen LogP contribution is 2.25. The summed E-state index contributed by atoms with van der Waals surface area (Å²) in [6.45, 7) is 1.09. The first kappa shape index (κ1) is 13.9. The molecule has 1 heterocycles. The van der Waals surface area contributed by atoms with E-state index in [2.05, 4.69) is 5.32 Å². The number of hydrogen-bond donors (Lipinski definition) is 1. The minimum Gasteiger partial charge on any atom is -0.497 e. The lowest BCUT2D eigenvalue weighted by Crippen LogP contribution is -2.92. The predicted octanol–water partition coefficient (Wildman–Crippen LogP) is 1.07. The Labute approximate surface area is 114 Å². The minimum atomic E-state index is -0.184. The number of quaternary nitrogens is 1. The standard InChI is InChI=1S/C15H21NO3/c1-18-12-8-6-11(7-9-12)14(15(17)19-2)13-5-3-4-10-16-13/h6-9,13-14,16H,3-5,10H2,1-2H3/p+1/t13-,14+/m1/s1. The van der Waals surface area contributed by atoms with Crippen molar-refractivity contribution in [3.05, 3.63) is 29.8 Å². The lowest BCUT2D eigenvalue weighted by Gasteiger charge is -2.27. The monoisotopic (exact) mass is 264 g/mol. The number of carbonyl (C=O) groups excluding carboxylic acids is 1. The zero-order valence-corrected chi connectivity index (χ0v) is 11.6. The maximum absolute atomic E-state index is 12.1. The van der Waals surface area contributed by atoms with Gasteiger partial charge < -0.3 is 14.8 Å². The van der Waals surface area contributed by atoms with Gasteiger partial charge in [-0.25, -0.2) is 0 Å². The molecule has 2 rings (SSSR count). The van der Waals surface area contributed by atoms with Crippen LogP contribution in [0.15, 0.2) is 24.3 Å². The molecule has 2 atom stereocenters. The number of rotatable bonds is 4. The Morgan fingerprint density at radius 2 is 2.00 bits per heavy atom. The van der Waals surface area contributed by atoms with E-state index in [4.69, 9.17) is 9.47 Å². The molecule has 1 fully saturated rings. The third-order valence-electron chi connectivity index (χ3n) is 3.82. The maximum atomic E-state index is 12.1. The number of piperidine rings is 1. The van der Waals surface area contributed by atoms with Crippen LogP contribution in [0.1, 0.15) is 30.7 Å².